The van der Waals surface area contributed by atoms with E-state index in [1.54, 1.807) is 0 Å². The largest absolute Gasteiger partial charge is 0.469 e. The van der Waals surface area contributed by atoms with Gasteiger partial charge >= 0.3 is 5.97 Å². The van der Waals surface area contributed by atoms with Crippen LogP contribution in [0.2, 0.25) is 0 Å². The number of carbonyl (C=O) groups is 1. The molecule has 0 bridgehead atoms. The predicted octanol–water partition coefficient (Wildman–Crippen LogP) is 3.33. The number of azide groups is 1. The Labute approximate surface area is 106 Å². The number of ether oxygens (including phenoxy) is 1. The smallest absolute Gasteiger partial charge is 0.305 e. The van der Waals surface area contributed by atoms with Gasteiger partial charge in [0.15, 0.2) is 0 Å². The van der Waals surface area contributed by atoms with Crippen molar-refractivity contribution < 1.29 is 9.53 Å². The molecule has 94 valence electrons. The number of esters is 1. The Balaban J connectivity index is 2.54. The molecule has 0 aliphatic heterocycles. The molecular weight excluding hydrogens is 230 g/mol. The Hall–Kier alpha value is -2.26. The molecule has 18 heavy (non-hydrogen) atoms. The highest BCUT2D eigenvalue weighted by molar-refractivity contribution is 5.70. The molecule has 0 radical (unpaired) electrons. The Morgan fingerprint density at radius 2 is 2.22 bits per heavy atom. The van der Waals surface area contributed by atoms with Gasteiger partial charge in [-0.15, -0.1) is 0 Å². The van der Waals surface area contributed by atoms with Crippen molar-refractivity contribution in [3.05, 3.63) is 52.4 Å². The molecule has 0 aliphatic carbocycles. The third kappa shape index (κ3) is 5.18. The maximum atomic E-state index is 11.1. The quantitative estimate of drug-likeness (QED) is 0.333. The van der Waals surface area contributed by atoms with E-state index in [4.69, 9.17) is 5.53 Å². The topological polar surface area (TPSA) is 75.1 Å². The van der Waals surface area contributed by atoms with Crippen LogP contribution in [0.15, 0.2) is 41.5 Å². The van der Waals surface area contributed by atoms with Gasteiger partial charge in [0.1, 0.15) is 0 Å². The summed E-state index contributed by atoms with van der Waals surface area (Å²) in [5.41, 5.74) is 9.49. The fraction of sp³-hybridized carbons (Fsp3) is 0.308. The van der Waals surface area contributed by atoms with Gasteiger partial charge in [-0.05, 0) is 17.5 Å². The monoisotopic (exact) mass is 245 g/mol. The molecule has 0 amide bonds. The fourth-order valence-electron chi connectivity index (χ4n) is 1.45. The highest BCUT2D eigenvalue weighted by Gasteiger charge is 2.10. The summed E-state index contributed by atoms with van der Waals surface area (Å²) in [5.74, 6) is -0.375. The molecule has 0 aliphatic rings. The van der Waals surface area contributed by atoms with Crippen LogP contribution in [0.4, 0.5) is 0 Å². The molecule has 5 heteroatoms. The van der Waals surface area contributed by atoms with Crippen molar-refractivity contribution in [1.82, 2.24) is 0 Å². The third-order valence-corrected chi connectivity index (χ3v) is 2.36. The molecule has 0 fully saturated rings. The van der Waals surface area contributed by atoms with Crippen molar-refractivity contribution in [2.75, 3.05) is 7.11 Å². The summed E-state index contributed by atoms with van der Waals surface area (Å²) in [6.07, 6.45) is 4.42. The maximum Gasteiger partial charge on any atom is 0.305 e. The Bertz CT molecular complexity index is 451. The summed E-state index contributed by atoms with van der Waals surface area (Å²) < 4.78 is 4.55. The zero-order valence-electron chi connectivity index (χ0n) is 10.2. The SMILES string of the molecule is COC(=O)C[C@@H](C/C=C/c1ccccc1)N=[N+]=[N-]. The van der Waals surface area contributed by atoms with E-state index in [0.717, 1.165) is 5.56 Å². The predicted molar refractivity (Wildman–Crippen MR) is 69.7 cm³/mol. The Morgan fingerprint density at radius 1 is 1.50 bits per heavy atom. The number of benzene rings is 1. The second-order valence-electron chi connectivity index (χ2n) is 3.69. The molecule has 0 saturated heterocycles. The van der Waals surface area contributed by atoms with Crippen LogP contribution in [-0.4, -0.2) is 19.1 Å². The lowest BCUT2D eigenvalue weighted by atomic mass is 10.1. The van der Waals surface area contributed by atoms with E-state index in [1.165, 1.54) is 7.11 Å². The van der Waals surface area contributed by atoms with Gasteiger partial charge in [0.25, 0.3) is 0 Å². The molecule has 0 heterocycles. The van der Waals surface area contributed by atoms with Crippen molar-refractivity contribution in [3.63, 3.8) is 0 Å². The number of methoxy groups -OCH3 is 1. The first kappa shape index (κ1) is 13.8. The average molecular weight is 245 g/mol. The van der Waals surface area contributed by atoms with E-state index in [9.17, 15) is 4.79 Å². The van der Waals surface area contributed by atoms with Gasteiger partial charge in [0.2, 0.25) is 0 Å². The second kappa shape index (κ2) is 7.92. The third-order valence-electron chi connectivity index (χ3n) is 2.36. The first-order chi connectivity index (χ1) is 8.76. The molecule has 0 unspecified atom stereocenters. The Kier molecular flexibility index (Phi) is 6.08. The zero-order chi connectivity index (χ0) is 13.2. The van der Waals surface area contributed by atoms with Crippen LogP contribution in [0.25, 0.3) is 16.5 Å². The first-order valence-electron chi connectivity index (χ1n) is 5.59. The molecule has 1 aromatic carbocycles. The van der Waals surface area contributed by atoms with Crippen molar-refractivity contribution in [1.29, 1.82) is 0 Å². The van der Waals surface area contributed by atoms with E-state index >= 15 is 0 Å². The normalized spacial score (nSPS) is 11.8. The Morgan fingerprint density at radius 3 is 2.83 bits per heavy atom. The van der Waals surface area contributed by atoms with Crippen LogP contribution in [0.5, 0.6) is 0 Å². The average Bonchev–Trinajstić information content (AvgIpc) is 2.40. The van der Waals surface area contributed by atoms with Crippen molar-refractivity contribution in [3.8, 4) is 0 Å². The molecule has 5 nitrogen and oxygen atoms in total. The van der Waals surface area contributed by atoms with Crippen LogP contribution in [-0.2, 0) is 9.53 Å². The summed E-state index contributed by atoms with van der Waals surface area (Å²) >= 11 is 0. The van der Waals surface area contributed by atoms with Gasteiger partial charge in [-0.2, -0.15) is 0 Å². The minimum absolute atomic E-state index is 0.0969. The molecular formula is C13H15N3O2. The second-order valence-corrected chi connectivity index (χ2v) is 3.69. The maximum absolute atomic E-state index is 11.1. The highest BCUT2D eigenvalue weighted by atomic mass is 16.5. The minimum Gasteiger partial charge on any atom is -0.469 e. The van der Waals surface area contributed by atoms with Crippen molar-refractivity contribution >= 4 is 12.0 Å². The lowest BCUT2D eigenvalue weighted by molar-refractivity contribution is -0.140. The van der Waals surface area contributed by atoms with E-state index in [-0.39, 0.29) is 12.4 Å². The van der Waals surface area contributed by atoms with Gasteiger partial charge in [-0.25, -0.2) is 0 Å². The molecule has 0 saturated carbocycles. The molecule has 0 N–H and O–H groups in total. The summed E-state index contributed by atoms with van der Waals surface area (Å²) in [4.78, 5) is 13.8. The fourth-order valence-corrected chi connectivity index (χ4v) is 1.45. The van der Waals surface area contributed by atoms with Crippen LogP contribution in [0, 0.1) is 0 Å². The molecule has 1 rings (SSSR count). The molecule has 1 aromatic rings. The van der Waals surface area contributed by atoms with Crippen LogP contribution < -0.4 is 0 Å². The number of hydrogen-bond acceptors (Lipinski definition) is 3. The van der Waals surface area contributed by atoms with Gasteiger partial charge in [0, 0.05) is 4.91 Å². The van der Waals surface area contributed by atoms with Gasteiger partial charge < -0.3 is 4.74 Å². The zero-order valence-corrected chi connectivity index (χ0v) is 10.2. The first-order valence-corrected chi connectivity index (χ1v) is 5.59. The number of hydrogen-bond donors (Lipinski definition) is 0. The lowest BCUT2D eigenvalue weighted by Gasteiger charge is -2.05. The van der Waals surface area contributed by atoms with E-state index in [2.05, 4.69) is 14.8 Å². The summed E-state index contributed by atoms with van der Waals surface area (Å²) in [6.45, 7) is 0. The lowest BCUT2D eigenvalue weighted by Crippen LogP contribution is -2.11. The minimum atomic E-state index is -0.401. The van der Waals surface area contributed by atoms with Crippen molar-refractivity contribution in [2.45, 2.75) is 18.9 Å². The van der Waals surface area contributed by atoms with Crippen LogP contribution >= 0.6 is 0 Å². The molecule has 1 atom stereocenters. The summed E-state index contributed by atoms with van der Waals surface area (Å²) in [6, 6.07) is 9.37. The van der Waals surface area contributed by atoms with E-state index < -0.39 is 6.04 Å². The number of carbonyl (C=O) groups excluding carboxylic acids is 1. The van der Waals surface area contributed by atoms with Crippen LogP contribution in [0.1, 0.15) is 18.4 Å². The van der Waals surface area contributed by atoms with Gasteiger partial charge in [-0.3, -0.25) is 4.79 Å². The molecule has 0 aromatic heterocycles. The highest BCUT2D eigenvalue weighted by Crippen LogP contribution is 2.09. The van der Waals surface area contributed by atoms with E-state index in [1.807, 2.05) is 42.5 Å². The van der Waals surface area contributed by atoms with Gasteiger partial charge in [-0.1, -0.05) is 47.6 Å². The number of rotatable bonds is 6. The summed E-state index contributed by atoms with van der Waals surface area (Å²) in [7, 11) is 1.31. The number of nitrogens with zero attached hydrogens (tertiary/aromatic N) is 3. The summed E-state index contributed by atoms with van der Waals surface area (Å²) in [5, 5.41) is 3.57. The molecule has 0 spiro atoms. The standard InChI is InChI=1S/C13H15N3O2/c1-18-13(17)10-12(15-16-14)9-5-8-11-6-3-2-4-7-11/h2-8,12H,9-10H2,1H3/b8-5+/t12-/m1/s1. The van der Waals surface area contributed by atoms with Crippen molar-refractivity contribution in [2.24, 2.45) is 5.11 Å². The van der Waals surface area contributed by atoms with Gasteiger partial charge in [0.05, 0.1) is 19.6 Å². The van der Waals surface area contributed by atoms with Crippen LogP contribution in [0.3, 0.4) is 0 Å². The van der Waals surface area contributed by atoms with E-state index in [0.29, 0.717) is 6.42 Å².